The van der Waals surface area contributed by atoms with E-state index in [4.69, 9.17) is 5.11 Å². The summed E-state index contributed by atoms with van der Waals surface area (Å²) in [7, 11) is 0. The number of hydrogen-bond donors (Lipinski definition) is 1. The number of rotatable bonds is 0. The Labute approximate surface area is 62.3 Å². The largest absolute Gasteiger partial charge is 0.508 e. The summed E-state index contributed by atoms with van der Waals surface area (Å²) in [5, 5.41) is 8.99. The van der Waals surface area contributed by atoms with Crippen LogP contribution in [-0.4, -0.2) is 5.11 Å². The maximum absolute atomic E-state index is 8.99. The number of phenolic OH excluding ortho intramolecular Hbond substituents is 1. The molecule has 0 aliphatic carbocycles. The molecule has 0 aliphatic rings. The van der Waals surface area contributed by atoms with Crippen LogP contribution in [0.2, 0.25) is 0 Å². The molecule has 0 aromatic heterocycles. The first kappa shape index (κ1) is 9.02. The van der Waals surface area contributed by atoms with E-state index in [0.717, 1.165) is 11.1 Å². The van der Waals surface area contributed by atoms with Crippen molar-refractivity contribution in [3.8, 4) is 5.75 Å². The molecule has 0 heterocycles. The first-order chi connectivity index (χ1) is 4.18. The van der Waals surface area contributed by atoms with Gasteiger partial charge in [0.25, 0.3) is 0 Å². The molecule has 0 amide bonds. The van der Waals surface area contributed by atoms with Crippen LogP contribution in [-0.2, 0) is 0 Å². The highest BCUT2D eigenvalue weighted by Gasteiger charge is 1.89. The van der Waals surface area contributed by atoms with Gasteiger partial charge in [-0.2, -0.15) is 0 Å². The van der Waals surface area contributed by atoms with Crippen LogP contribution in [0.25, 0.3) is 0 Å². The van der Waals surface area contributed by atoms with Crippen molar-refractivity contribution in [2.45, 2.75) is 21.3 Å². The molecule has 56 valence electrons. The topological polar surface area (TPSA) is 20.2 Å². The molecule has 10 heavy (non-hydrogen) atoms. The Hall–Kier alpha value is -0.980. The smallest absolute Gasteiger partial charge is 0.116 e. The number of aromatic hydroxyl groups is 1. The molecule has 1 heteroatoms. The molecule has 1 aromatic carbocycles. The summed E-state index contributed by atoms with van der Waals surface area (Å²) >= 11 is 0. The van der Waals surface area contributed by atoms with E-state index in [1.807, 2.05) is 19.9 Å². The second-order valence-electron chi connectivity index (χ2n) is 2.35. The zero-order chi connectivity index (χ0) is 6.85. The van der Waals surface area contributed by atoms with Crippen molar-refractivity contribution in [1.82, 2.24) is 0 Å². The Morgan fingerprint density at radius 1 is 1.00 bits per heavy atom. The maximum atomic E-state index is 8.99. The SMILES string of the molecule is C.Cc1cc(C)cc(O)c1. The van der Waals surface area contributed by atoms with Crippen molar-refractivity contribution >= 4 is 0 Å². The lowest BCUT2D eigenvalue weighted by atomic mass is 10.1. The van der Waals surface area contributed by atoms with E-state index in [1.54, 1.807) is 12.1 Å². The van der Waals surface area contributed by atoms with E-state index in [9.17, 15) is 0 Å². The molecule has 1 N–H and O–H groups in total. The van der Waals surface area contributed by atoms with E-state index in [2.05, 4.69) is 0 Å². The Morgan fingerprint density at radius 2 is 1.40 bits per heavy atom. The summed E-state index contributed by atoms with van der Waals surface area (Å²) in [6, 6.07) is 5.51. The molecule has 0 unspecified atom stereocenters. The van der Waals surface area contributed by atoms with Crippen molar-refractivity contribution in [3.05, 3.63) is 29.3 Å². The summed E-state index contributed by atoms with van der Waals surface area (Å²) in [5.74, 6) is 0.354. The fourth-order valence-electron chi connectivity index (χ4n) is 0.951. The summed E-state index contributed by atoms with van der Waals surface area (Å²) in [6.07, 6.45) is 0. The fourth-order valence-corrected chi connectivity index (χ4v) is 0.951. The minimum Gasteiger partial charge on any atom is -0.508 e. The monoisotopic (exact) mass is 138 g/mol. The summed E-state index contributed by atoms with van der Waals surface area (Å²) < 4.78 is 0. The maximum Gasteiger partial charge on any atom is 0.116 e. The van der Waals surface area contributed by atoms with Crippen LogP contribution in [0.4, 0.5) is 0 Å². The number of hydrogen-bond acceptors (Lipinski definition) is 1. The van der Waals surface area contributed by atoms with Gasteiger partial charge in [0.05, 0.1) is 0 Å². The van der Waals surface area contributed by atoms with Crippen LogP contribution in [0.5, 0.6) is 5.75 Å². The van der Waals surface area contributed by atoms with E-state index < -0.39 is 0 Å². The molecule has 0 aliphatic heterocycles. The Morgan fingerprint density at radius 3 is 1.70 bits per heavy atom. The number of phenols is 1. The van der Waals surface area contributed by atoms with E-state index in [-0.39, 0.29) is 7.43 Å². The van der Waals surface area contributed by atoms with Crippen LogP contribution in [0.1, 0.15) is 18.6 Å². The molecule has 1 rings (SSSR count). The van der Waals surface area contributed by atoms with Crippen LogP contribution in [0, 0.1) is 13.8 Å². The van der Waals surface area contributed by atoms with Gasteiger partial charge in [0.2, 0.25) is 0 Å². The third-order valence-electron chi connectivity index (χ3n) is 1.21. The molecule has 0 bridgehead atoms. The second-order valence-corrected chi connectivity index (χ2v) is 2.35. The summed E-state index contributed by atoms with van der Waals surface area (Å²) in [5.41, 5.74) is 2.21. The number of benzene rings is 1. The minimum atomic E-state index is 0. The van der Waals surface area contributed by atoms with E-state index >= 15 is 0 Å². The summed E-state index contributed by atoms with van der Waals surface area (Å²) in [4.78, 5) is 0. The van der Waals surface area contributed by atoms with Gasteiger partial charge in [0.1, 0.15) is 5.75 Å². The normalized spacial score (nSPS) is 8.60. The molecule has 0 atom stereocenters. The van der Waals surface area contributed by atoms with Crippen molar-refractivity contribution in [2.24, 2.45) is 0 Å². The van der Waals surface area contributed by atoms with Gasteiger partial charge >= 0.3 is 0 Å². The molecule has 1 nitrogen and oxygen atoms in total. The van der Waals surface area contributed by atoms with Gasteiger partial charge in [-0.05, 0) is 37.1 Å². The van der Waals surface area contributed by atoms with Crippen molar-refractivity contribution in [3.63, 3.8) is 0 Å². The predicted octanol–water partition coefficient (Wildman–Crippen LogP) is 2.65. The van der Waals surface area contributed by atoms with Gasteiger partial charge in [0, 0.05) is 0 Å². The lowest BCUT2D eigenvalue weighted by Gasteiger charge is -1.95. The van der Waals surface area contributed by atoms with Gasteiger partial charge in [-0.25, -0.2) is 0 Å². The average Bonchev–Trinajstić information content (AvgIpc) is 1.59. The number of aryl methyl sites for hydroxylation is 2. The molecule has 0 fully saturated rings. The van der Waals surface area contributed by atoms with Crippen LogP contribution in [0.3, 0.4) is 0 Å². The van der Waals surface area contributed by atoms with Crippen LogP contribution < -0.4 is 0 Å². The third-order valence-corrected chi connectivity index (χ3v) is 1.21. The molecule has 0 saturated carbocycles. The van der Waals surface area contributed by atoms with Crippen molar-refractivity contribution in [1.29, 1.82) is 0 Å². The lowest BCUT2D eigenvalue weighted by Crippen LogP contribution is -1.74. The first-order valence-corrected chi connectivity index (χ1v) is 2.96. The first-order valence-electron chi connectivity index (χ1n) is 2.96. The van der Waals surface area contributed by atoms with Gasteiger partial charge in [-0.15, -0.1) is 0 Å². The quantitative estimate of drug-likeness (QED) is 0.584. The average molecular weight is 138 g/mol. The Balaban J connectivity index is 0.000000810. The highest BCUT2D eigenvalue weighted by atomic mass is 16.3. The Bertz CT molecular complexity index is 165. The highest BCUT2D eigenvalue weighted by Crippen LogP contribution is 2.13. The van der Waals surface area contributed by atoms with Gasteiger partial charge in [0.15, 0.2) is 0 Å². The van der Waals surface area contributed by atoms with Crippen molar-refractivity contribution in [2.75, 3.05) is 0 Å². The molecular formula is C9H14O. The van der Waals surface area contributed by atoms with E-state index in [0.29, 0.717) is 5.75 Å². The Kier molecular flexibility index (Phi) is 2.94. The molecule has 0 saturated heterocycles. The zero-order valence-corrected chi connectivity index (χ0v) is 5.68. The van der Waals surface area contributed by atoms with Crippen LogP contribution >= 0.6 is 0 Å². The summed E-state index contributed by atoms with van der Waals surface area (Å²) in [6.45, 7) is 3.93. The fraction of sp³-hybridized carbons (Fsp3) is 0.333. The lowest BCUT2D eigenvalue weighted by molar-refractivity contribution is 0.474. The van der Waals surface area contributed by atoms with E-state index in [1.165, 1.54) is 0 Å². The molecular weight excluding hydrogens is 124 g/mol. The van der Waals surface area contributed by atoms with Crippen LogP contribution in [0.15, 0.2) is 18.2 Å². The molecule has 0 spiro atoms. The molecule has 1 aromatic rings. The third kappa shape index (κ3) is 2.09. The highest BCUT2D eigenvalue weighted by molar-refractivity contribution is 5.31. The predicted molar refractivity (Wildman–Crippen MR) is 44.3 cm³/mol. The van der Waals surface area contributed by atoms with Gasteiger partial charge in [-0.1, -0.05) is 13.5 Å². The molecule has 0 radical (unpaired) electrons. The standard InChI is InChI=1S/C8H10O.CH4/c1-6-3-7(2)5-8(9)4-6;/h3-5,9H,1-2H3;1H4. The minimum absolute atomic E-state index is 0. The second kappa shape index (κ2) is 3.25. The van der Waals surface area contributed by atoms with Gasteiger partial charge < -0.3 is 5.11 Å². The van der Waals surface area contributed by atoms with Gasteiger partial charge in [-0.3, -0.25) is 0 Å². The van der Waals surface area contributed by atoms with Crippen molar-refractivity contribution < 1.29 is 5.11 Å². The zero-order valence-electron chi connectivity index (χ0n) is 5.68.